The molecule has 21 heavy (non-hydrogen) atoms. The Morgan fingerprint density at radius 3 is 2.38 bits per heavy atom. The smallest absolute Gasteiger partial charge is 0.269 e. The van der Waals surface area contributed by atoms with E-state index in [1.54, 1.807) is 37.3 Å². The Bertz CT molecular complexity index is 674. The zero-order valence-corrected chi connectivity index (χ0v) is 11.4. The number of para-hydroxylation sites is 3. The minimum Gasteiger partial charge on any atom is -0.482 e. The number of anilines is 1. The van der Waals surface area contributed by atoms with Crippen LogP contribution in [0.3, 0.4) is 0 Å². The van der Waals surface area contributed by atoms with Crippen molar-refractivity contribution in [3.05, 3.63) is 54.3 Å². The predicted molar refractivity (Wildman–Crippen MR) is 76.0 cm³/mol. The number of halogens is 1. The molecule has 0 saturated carbocycles. The van der Waals surface area contributed by atoms with E-state index in [-0.39, 0.29) is 5.69 Å². The van der Waals surface area contributed by atoms with Crippen LogP contribution in [0, 0.1) is 5.82 Å². The number of hydrogen-bond acceptors (Lipinski definition) is 3. The van der Waals surface area contributed by atoms with Crippen LogP contribution >= 0.6 is 0 Å². The van der Waals surface area contributed by atoms with Crippen LogP contribution in [0.1, 0.15) is 6.92 Å². The van der Waals surface area contributed by atoms with Crippen LogP contribution in [-0.2, 0) is 4.79 Å². The number of carbonyl (C=O) groups is 1. The first-order chi connectivity index (χ1) is 10.1. The van der Waals surface area contributed by atoms with E-state index in [0.29, 0.717) is 11.5 Å². The lowest BCUT2D eigenvalue weighted by Gasteiger charge is -2.31. The summed E-state index contributed by atoms with van der Waals surface area (Å²) in [6, 6.07) is 13.1. The molecule has 108 valence electrons. The van der Waals surface area contributed by atoms with Crippen molar-refractivity contribution >= 4 is 11.6 Å². The highest BCUT2D eigenvalue weighted by atomic mass is 19.1. The number of nitrogens with one attached hydrogen (secondary N) is 1. The number of rotatable bonds is 2. The maximum Gasteiger partial charge on any atom is 0.269 e. The second-order valence-corrected chi connectivity index (χ2v) is 4.78. The third-order valence-electron chi connectivity index (χ3n) is 3.23. The topological polar surface area (TPSA) is 47.6 Å². The first-order valence-corrected chi connectivity index (χ1v) is 6.63. The molecule has 4 nitrogen and oxygen atoms in total. The lowest BCUT2D eigenvalue weighted by Crippen LogP contribution is -2.46. The maximum absolute atomic E-state index is 13.6. The molecule has 1 aliphatic rings. The molecule has 0 aliphatic carbocycles. The van der Waals surface area contributed by atoms with Crippen LogP contribution in [0.2, 0.25) is 0 Å². The zero-order valence-electron chi connectivity index (χ0n) is 11.4. The lowest BCUT2D eigenvalue weighted by molar-refractivity contribution is -0.128. The summed E-state index contributed by atoms with van der Waals surface area (Å²) in [5.41, 5.74) is 0.122. The normalized spacial score (nSPS) is 19.9. The minimum atomic E-state index is -0.834. The summed E-state index contributed by atoms with van der Waals surface area (Å²) < 4.78 is 24.9. The molecule has 2 atom stereocenters. The molecule has 1 N–H and O–H groups in total. The highest BCUT2D eigenvalue weighted by Gasteiger charge is 2.34. The Labute approximate surface area is 121 Å². The minimum absolute atomic E-state index is 0.122. The number of hydrogen-bond donors (Lipinski definition) is 1. The van der Waals surface area contributed by atoms with Crippen LogP contribution in [0.4, 0.5) is 10.1 Å². The Morgan fingerprint density at radius 2 is 1.67 bits per heavy atom. The fourth-order valence-corrected chi connectivity index (χ4v) is 2.17. The van der Waals surface area contributed by atoms with E-state index in [2.05, 4.69) is 5.32 Å². The molecule has 0 radical (unpaired) electrons. The van der Waals surface area contributed by atoms with Gasteiger partial charge in [0.25, 0.3) is 5.91 Å². The molecular weight excluding hydrogens is 273 g/mol. The average Bonchev–Trinajstić information content (AvgIpc) is 2.49. The number of fused-ring (bicyclic) bond motifs is 1. The average molecular weight is 287 g/mol. The molecule has 2 aromatic rings. The number of benzene rings is 2. The van der Waals surface area contributed by atoms with Gasteiger partial charge >= 0.3 is 0 Å². The molecular formula is C16H14FNO3. The maximum atomic E-state index is 13.6. The molecule has 0 spiro atoms. The summed E-state index contributed by atoms with van der Waals surface area (Å²) in [6.07, 6.45) is -1.30. The molecule has 0 fully saturated rings. The van der Waals surface area contributed by atoms with Gasteiger partial charge < -0.3 is 14.8 Å². The van der Waals surface area contributed by atoms with E-state index in [1.165, 1.54) is 12.1 Å². The molecule has 1 amide bonds. The van der Waals surface area contributed by atoms with E-state index in [4.69, 9.17) is 9.47 Å². The Kier molecular flexibility index (Phi) is 3.48. The molecule has 1 aliphatic heterocycles. The highest BCUT2D eigenvalue weighted by Crippen LogP contribution is 2.33. The summed E-state index contributed by atoms with van der Waals surface area (Å²) in [6.45, 7) is 1.74. The number of ether oxygens (including phenoxy) is 2. The van der Waals surface area contributed by atoms with Crippen LogP contribution in [0.25, 0.3) is 0 Å². The van der Waals surface area contributed by atoms with Gasteiger partial charge in [0.15, 0.2) is 11.5 Å². The first kappa shape index (κ1) is 13.4. The van der Waals surface area contributed by atoms with Gasteiger partial charge in [-0.2, -0.15) is 0 Å². The van der Waals surface area contributed by atoms with E-state index < -0.39 is 23.9 Å². The fourth-order valence-electron chi connectivity index (χ4n) is 2.17. The van der Waals surface area contributed by atoms with Gasteiger partial charge in [-0.05, 0) is 31.2 Å². The first-order valence-electron chi connectivity index (χ1n) is 6.63. The number of amides is 1. The van der Waals surface area contributed by atoms with E-state index in [9.17, 15) is 9.18 Å². The highest BCUT2D eigenvalue weighted by molar-refractivity contribution is 5.95. The molecule has 0 saturated heterocycles. The third kappa shape index (κ3) is 2.67. The Morgan fingerprint density at radius 1 is 1.05 bits per heavy atom. The van der Waals surface area contributed by atoms with Crippen molar-refractivity contribution in [1.82, 2.24) is 0 Å². The van der Waals surface area contributed by atoms with Crippen LogP contribution in [0.5, 0.6) is 11.5 Å². The van der Waals surface area contributed by atoms with Gasteiger partial charge in [0.05, 0.1) is 5.69 Å². The standard InChI is InChI=1S/C16H14FNO3/c1-10-15(21-14-9-5-4-8-13(14)20-10)16(19)18-12-7-3-2-6-11(12)17/h2-10,15H,1H3,(H,18,19)/t10-,15-/m1/s1. The summed E-state index contributed by atoms with van der Waals surface area (Å²) in [5, 5.41) is 2.52. The van der Waals surface area contributed by atoms with Gasteiger partial charge in [-0.1, -0.05) is 24.3 Å². The molecule has 3 rings (SSSR count). The van der Waals surface area contributed by atoms with Gasteiger partial charge in [0.1, 0.15) is 11.9 Å². The van der Waals surface area contributed by atoms with Crippen molar-refractivity contribution in [3.63, 3.8) is 0 Å². The van der Waals surface area contributed by atoms with Gasteiger partial charge in [0, 0.05) is 0 Å². The van der Waals surface area contributed by atoms with Crippen molar-refractivity contribution in [1.29, 1.82) is 0 Å². The molecule has 0 unspecified atom stereocenters. The van der Waals surface area contributed by atoms with Crippen molar-refractivity contribution in [2.45, 2.75) is 19.1 Å². The monoisotopic (exact) mass is 287 g/mol. The number of carbonyl (C=O) groups excluding carboxylic acids is 1. The summed E-state index contributed by atoms with van der Waals surface area (Å²) >= 11 is 0. The van der Waals surface area contributed by atoms with Crippen LogP contribution < -0.4 is 14.8 Å². The third-order valence-corrected chi connectivity index (χ3v) is 3.23. The van der Waals surface area contributed by atoms with Gasteiger partial charge in [-0.15, -0.1) is 0 Å². The second-order valence-electron chi connectivity index (χ2n) is 4.78. The van der Waals surface area contributed by atoms with Gasteiger partial charge in [-0.3, -0.25) is 4.79 Å². The Balaban J connectivity index is 1.78. The summed E-state index contributed by atoms with van der Waals surface area (Å²) in [7, 11) is 0. The lowest BCUT2D eigenvalue weighted by atomic mass is 10.1. The zero-order chi connectivity index (χ0) is 14.8. The molecule has 5 heteroatoms. The van der Waals surface area contributed by atoms with E-state index >= 15 is 0 Å². The fraction of sp³-hybridized carbons (Fsp3) is 0.188. The van der Waals surface area contributed by atoms with Crippen molar-refractivity contribution in [2.75, 3.05) is 5.32 Å². The summed E-state index contributed by atoms with van der Waals surface area (Å²) in [4.78, 5) is 12.3. The van der Waals surface area contributed by atoms with Crippen molar-refractivity contribution in [3.8, 4) is 11.5 Å². The SMILES string of the molecule is C[C@H]1Oc2ccccc2O[C@H]1C(=O)Nc1ccccc1F. The molecule has 2 aromatic carbocycles. The molecule has 0 aromatic heterocycles. The van der Waals surface area contributed by atoms with E-state index in [0.717, 1.165) is 0 Å². The Hall–Kier alpha value is -2.56. The van der Waals surface area contributed by atoms with Crippen LogP contribution in [0.15, 0.2) is 48.5 Å². The van der Waals surface area contributed by atoms with Crippen molar-refractivity contribution < 1.29 is 18.7 Å². The summed E-state index contributed by atoms with van der Waals surface area (Å²) in [5.74, 6) is 0.168. The molecule has 1 heterocycles. The van der Waals surface area contributed by atoms with E-state index in [1.807, 2.05) is 6.07 Å². The largest absolute Gasteiger partial charge is 0.482 e. The van der Waals surface area contributed by atoms with Crippen LogP contribution in [-0.4, -0.2) is 18.1 Å². The molecule has 0 bridgehead atoms. The predicted octanol–water partition coefficient (Wildman–Crippen LogP) is 2.99. The van der Waals surface area contributed by atoms with Gasteiger partial charge in [0.2, 0.25) is 6.10 Å². The van der Waals surface area contributed by atoms with Crippen molar-refractivity contribution in [2.24, 2.45) is 0 Å². The van der Waals surface area contributed by atoms with Gasteiger partial charge in [-0.25, -0.2) is 4.39 Å². The second kappa shape index (κ2) is 5.44. The quantitative estimate of drug-likeness (QED) is 0.923.